The SMILES string of the molecule is CC(C)C(CCO)N[C@@H]1CCCC[C@H]1O. The van der Waals surface area contributed by atoms with Crippen LogP contribution in [0.5, 0.6) is 0 Å². The molecule has 1 unspecified atom stereocenters. The fourth-order valence-corrected chi connectivity index (χ4v) is 2.33. The zero-order chi connectivity index (χ0) is 11.3. The van der Waals surface area contributed by atoms with Gasteiger partial charge in [0.05, 0.1) is 6.10 Å². The predicted octanol–water partition coefficient (Wildman–Crippen LogP) is 1.29. The summed E-state index contributed by atoms with van der Waals surface area (Å²) in [5.41, 5.74) is 0. The molecule has 0 heterocycles. The summed E-state index contributed by atoms with van der Waals surface area (Å²) in [6.07, 6.45) is 4.92. The molecule has 1 saturated carbocycles. The van der Waals surface area contributed by atoms with Crippen molar-refractivity contribution in [3.05, 3.63) is 0 Å². The zero-order valence-electron chi connectivity index (χ0n) is 9.95. The smallest absolute Gasteiger partial charge is 0.0693 e. The maximum absolute atomic E-state index is 9.84. The van der Waals surface area contributed by atoms with Gasteiger partial charge in [-0.15, -0.1) is 0 Å². The number of hydrogen-bond acceptors (Lipinski definition) is 3. The molecule has 0 aromatic heterocycles. The van der Waals surface area contributed by atoms with Gasteiger partial charge >= 0.3 is 0 Å². The Hall–Kier alpha value is -0.120. The summed E-state index contributed by atoms with van der Waals surface area (Å²) in [4.78, 5) is 0. The van der Waals surface area contributed by atoms with Crippen molar-refractivity contribution >= 4 is 0 Å². The van der Waals surface area contributed by atoms with E-state index in [4.69, 9.17) is 5.11 Å². The average molecular weight is 215 g/mol. The summed E-state index contributed by atoms with van der Waals surface area (Å²) in [5.74, 6) is 0.506. The molecule has 0 spiro atoms. The van der Waals surface area contributed by atoms with Crippen molar-refractivity contribution in [1.82, 2.24) is 5.32 Å². The molecule has 0 aliphatic heterocycles. The van der Waals surface area contributed by atoms with Crippen molar-refractivity contribution in [2.24, 2.45) is 5.92 Å². The first-order valence-corrected chi connectivity index (χ1v) is 6.20. The highest BCUT2D eigenvalue weighted by molar-refractivity contribution is 4.84. The van der Waals surface area contributed by atoms with E-state index in [2.05, 4.69) is 19.2 Å². The lowest BCUT2D eigenvalue weighted by molar-refractivity contribution is 0.0777. The maximum atomic E-state index is 9.84. The summed E-state index contributed by atoms with van der Waals surface area (Å²) >= 11 is 0. The maximum Gasteiger partial charge on any atom is 0.0693 e. The van der Waals surface area contributed by atoms with Crippen LogP contribution in [-0.4, -0.2) is 35.0 Å². The topological polar surface area (TPSA) is 52.5 Å². The Kier molecular flexibility index (Phi) is 5.58. The molecule has 0 saturated heterocycles. The molecule has 3 N–H and O–H groups in total. The van der Waals surface area contributed by atoms with Crippen molar-refractivity contribution in [3.63, 3.8) is 0 Å². The number of hydrogen-bond donors (Lipinski definition) is 3. The molecule has 3 atom stereocenters. The Morgan fingerprint density at radius 3 is 2.47 bits per heavy atom. The Morgan fingerprint density at radius 1 is 1.27 bits per heavy atom. The molecule has 3 nitrogen and oxygen atoms in total. The predicted molar refractivity (Wildman–Crippen MR) is 61.7 cm³/mol. The highest BCUT2D eigenvalue weighted by Gasteiger charge is 2.26. The van der Waals surface area contributed by atoms with E-state index in [0.29, 0.717) is 12.0 Å². The number of nitrogens with one attached hydrogen (secondary N) is 1. The largest absolute Gasteiger partial charge is 0.396 e. The van der Waals surface area contributed by atoms with E-state index in [1.807, 2.05) is 0 Å². The monoisotopic (exact) mass is 215 g/mol. The number of rotatable bonds is 5. The standard InChI is InChI=1S/C12H25NO2/c1-9(2)10(7-8-14)13-11-5-3-4-6-12(11)15/h9-15H,3-8H2,1-2H3/t10?,11-,12-/m1/s1. The molecule has 1 rings (SSSR count). The van der Waals surface area contributed by atoms with Gasteiger partial charge in [-0.1, -0.05) is 26.7 Å². The highest BCUT2D eigenvalue weighted by Crippen LogP contribution is 2.20. The molecule has 0 radical (unpaired) electrons. The summed E-state index contributed by atoms with van der Waals surface area (Å²) < 4.78 is 0. The van der Waals surface area contributed by atoms with Crippen LogP contribution in [-0.2, 0) is 0 Å². The van der Waals surface area contributed by atoms with E-state index in [-0.39, 0.29) is 18.8 Å². The Labute approximate surface area is 92.9 Å². The van der Waals surface area contributed by atoms with Gasteiger partial charge in [0.25, 0.3) is 0 Å². The molecule has 0 amide bonds. The van der Waals surface area contributed by atoms with Gasteiger partial charge in [0.1, 0.15) is 0 Å². The first-order chi connectivity index (χ1) is 7.15. The molecule has 0 aromatic carbocycles. The molecule has 1 aliphatic rings. The minimum Gasteiger partial charge on any atom is -0.396 e. The third kappa shape index (κ3) is 4.09. The second-order valence-corrected chi connectivity index (χ2v) is 4.99. The Balaban J connectivity index is 2.41. The Morgan fingerprint density at radius 2 is 1.93 bits per heavy atom. The van der Waals surface area contributed by atoms with Gasteiger partial charge in [0, 0.05) is 18.7 Å². The molecular formula is C12H25NO2. The quantitative estimate of drug-likeness (QED) is 0.647. The first kappa shape index (κ1) is 12.9. The summed E-state index contributed by atoms with van der Waals surface area (Å²) in [5, 5.41) is 22.3. The van der Waals surface area contributed by atoms with Crippen LogP contribution in [0.2, 0.25) is 0 Å². The van der Waals surface area contributed by atoms with Crippen LogP contribution in [0.4, 0.5) is 0 Å². The van der Waals surface area contributed by atoms with Crippen molar-refractivity contribution in [1.29, 1.82) is 0 Å². The number of aliphatic hydroxyl groups excluding tert-OH is 2. The van der Waals surface area contributed by atoms with Crippen LogP contribution < -0.4 is 5.32 Å². The fraction of sp³-hybridized carbons (Fsp3) is 1.00. The van der Waals surface area contributed by atoms with Gasteiger partial charge in [0.15, 0.2) is 0 Å². The van der Waals surface area contributed by atoms with E-state index >= 15 is 0 Å². The summed E-state index contributed by atoms with van der Waals surface area (Å²) in [6, 6.07) is 0.561. The zero-order valence-corrected chi connectivity index (χ0v) is 9.95. The molecule has 1 fully saturated rings. The van der Waals surface area contributed by atoms with Gasteiger partial charge < -0.3 is 15.5 Å². The van der Waals surface area contributed by atoms with Gasteiger partial charge in [0.2, 0.25) is 0 Å². The number of aliphatic hydroxyl groups is 2. The van der Waals surface area contributed by atoms with E-state index in [9.17, 15) is 5.11 Å². The van der Waals surface area contributed by atoms with Gasteiger partial charge in [-0.2, -0.15) is 0 Å². The molecule has 90 valence electrons. The van der Waals surface area contributed by atoms with Crippen LogP contribution in [0.15, 0.2) is 0 Å². The molecule has 3 heteroatoms. The van der Waals surface area contributed by atoms with Crippen molar-refractivity contribution in [3.8, 4) is 0 Å². The molecule has 0 bridgehead atoms. The molecule has 1 aliphatic carbocycles. The van der Waals surface area contributed by atoms with Gasteiger partial charge in [-0.3, -0.25) is 0 Å². The van der Waals surface area contributed by atoms with E-state index in [1.54, 1.807) is 0 Å². The Bertz CT molecular complexity index is 171. The lowest BCUT2D eigenvalue weighted by Gasteiger charge is -2.33. The second-order valence-electron chi connectivity index (χ2n) is 4.99. The van der Waals surface area contributed by atoms with Crippen LogP contribution >= 0.6 is 0 Å². The van der Waals surface area contributed by atoms with Gasteiger partial charge in [-0.05, 0) is 25.2 Å². The molecule has 0 aromatic rings. The summed E-state index contributed by atoms with van der Waals surface area (Å²) in [6.45, 7) is 4.53. The van der Waals surface area contributed by atoms with Crippen molar-refractivity contribution < 1.29 is 10.2 Å². The molecular weight excluding hydrogens is 190 g/mol. The van der Waals surface area contributed by atoms with E-state index in [1.165, 1.54) is 6.42 Å². The average Bonchev–Trinajstić information content (AvgIpc) is 2.20. The first-order valence-electron chi connectivity index (χ1n) is 6.20. The van der Waals surface area contributed by atoms with Crippen molar-refractivity contribution in [2.45, 2.75) is 64.1 Å². The van der Waals surface area contributed by atoms with Crippen molar-refractivity contribution in [2.75, 3.05) is 6.61 Å². The lowest BCUT2D eigenvalue weighted by Crippen LogP contribution is -2.49. The van der Waals surface area contributed by atoms with Crippen LogP contribution in [0.3, 0.4) is 0 Å². The van der Waals surface area contributed by atoms with E-state index in [0.717, 1.165) is 25.7 Å². The lowest BCUT2D eigenvalue weighted by atomic mass is 9.90. The third-order valence-electron chi connectivity index (χ3n) is 3.40. The highest BCUT2D eigenvalue weighted by atomic mass is 16.3. The molecule has 15 heavy (non-hydrogen) atoms. The summed E-state index contributed by atoms with van der Waals surface area (Å²) in [7, 11) is 0. The van der Waals surface area contributed by atoms with Crippen LogP contribution in [0, 0.1) is 5.92 Å². The third-order valence-corrected chi connectivity index (χ3v) is 3.40. The van der Waals surface area contributed by atoms with Crippen LogP contribution in [0.25, 0.3) is 0 Å². The fourth-order valence-electron chi connectivity index (χ4n) is 2.33. The minimum absolute atomic E-state index is 0.196. The van der Waals surface area contributed by atoms with Gasteiger partial charge in [-0.25, -0.2) is 0 Å². The minimum atomic E-state index is -0.196. The normalized spacial score (nSPS) is 29.4. The van der Waals surface area contributed by atoms with E-state index < -0.39 is 0 Å². The van der Waals surface area contributed by atoms with Crippen LogP contribution in [0.1, 0.15) is 46.0 Å². The second kappa shape index (κ2) is 6.46.